The second-order valence-electron chi connectivity index (χ2n) is 6.15. The van der Waals surface area contributed by atoms with Gasteiger partial charge in [0.2, 0.25) is 6.23 Å². The Morgan fingerprint density at radius 1 is 1.29 bits per heavy atom. The summed E-state index contributed by atoms with van der Waals surface area (Å²) in [5.41, 5.74) is 3.57. The van der Waals surface area contributed by atoms with Crippen molar-refractivity contribution in [2.45, 2.75) is 52.2 Å². The van der Waals surface area contributed by atoms with E-state index in [4.69, 9.17) is 4.74 Å². The number of aldehydes is 1. The molecule has 1 aromatic carbocycles. The number of hydrogen-bond donors (Lipinski definition) is 0. The first-order chi connectivity index (χ1) is 9.99. The molecule has 0 aromatic heterocycles. The van der Waals surface area contributed by atoms with Gasteiger partial charge in [0.15, 0.2) is 6.29 Å². The van der Waals surface area contributed by atoms with Crippen molar-refractivity contribution >= 4 is 27.9 Å². The summed E-state index contributed by atoms with van der Waals surface area (Å²) in [6.45, 7) is 9.55. The molecule has 0 saturated heterocycles. The lowest BCUT2D eigenvalue weighted by atomic mass is 9.93. The van der Waals surface area contributed by atoms with Crippen molar-refractivity contribution in [2.75, 3.05) is 16.8 Å². The van der Waals surface area contributed by atoms with E-state index in [9.17, 15) is 4.79 Å². The average molecular weight is 354 g/mol. The molecule has 0 spiro atoms. The molecule has 116 valence electrons. The monoisotopic (exact) mass is 353 g/mol. The molecule has 1 aliphatic rings. The van der Waals surface area contributed by atoms with Crippen LogP contribution in [0.5, 0.6) is 5.75 Å². The molecule has 0 saturated carbocycles. The maximum absolute atomic E-state index is 11.4. The summed E-state index contributed by atoms with van der Waals surface area (Å²) in [6.07, 6.45) is 1.39. The topological polar surface area (TPSA) is 29.5 Å². The van der Waals surface area contributed by atoms with Crippen LogP contribution in [0.1, 0.15) is 57.1 Å². The van der Waals surface area contributed by atoms with Crippen molar-refractivity contribution in [3.8, 4) is 5.75 Å². The van der Waals surface area contributed by atoms with Crippen molar-refractivity contribution in [1.82, 2.24) is 0 Å². The van der Waals surface area contributed by atoms with Gasteiger partial charge in [-0.25, -0.2) is 0 Å². The number of fused-ring (bicyclic) bond motifs is 1. The fourth-order valence-corrected chi connectivity index (χ4v) is 2.91. The first kappa shape index (κ1) is 16.3. The van der Waals surface area contributed by atoms with Crippen LogP contribution in [-0.2, 0) is 4.79 Å². The molecule has 1 atom stereocenters. The van der Waals surface area contributed by atoms with Gasteiger partial charge in [0.25, 0.3) is 0 Å². The molecule has 0 amide bonds. The number of anilines is 1. The maximum Gasteiger partial charge on any atom is 0.229 e. The highest BCUT2D eigenvalue weighted by atomic mass is 79.9. The smallest absolute Gasteiger partial charge is 0.229 e. The zero-order valence-electron chi connectivity index (χ0n) is 13.2. The van der Waals surface area contributed by atoms with Crippen LogP contribution >= 0.6 is 15.9 Å². The van der Waals surface area contributed by atoms with Gasteiger partial charge in [-0.1, -0.05) is 49.7 Å². The lowest BCUT2D eigenvalue weighted by molar-refractivity contribution is -0.113. The Bertz CT molecular complexity index is 514. The molecular weight excluding hydrogens is 330 g/mol. The predicted molar refractivity (Wildman–Crippen MR) is 90.9 cm³/mol. The summed E-state index contributed by atoms with van der Waals surface area (Å²) in [7, 11) is 0. The Hall–Kier alpha value is -1.03. The summed E-state index contributed by atoms with van der Waals surface area (Å²) < 4.78 is 5.94. The fraction of sp³-hybridized carbons (Fsp3) is 0.588. The Morgan fingerprint density at radius 2 is 2.00 bits per heavy atom. The van der Waals surface area contributed by atoms with E-state index < -0.39 is 6.23 Å². The SMILES string of the molecule is CC(C)c1cc(C(C)C)c2c(c1)N(CCCBr)C(C=O)O2. The van der Waals surface area contributed by atoms with Crippen LogP contribution in [0.25, 0.3) is 0 Å². The molecule has 0 N–H and O–H groups in total. The summed E-state index contributed by atoms with van der Waals surface area (Å²) in [5.74, 6) is 1.73. The van der Waals surface area contributed by atoms with E-state index in [-0.39, 0.29) is 0 Å². The molecule has 1 heterocycles. The lowest BCUT2D eigenvalue weighted by Gasteiger charge is -2.21. The fourth-order valence-electron chi connectivity index (χ4n) is 2.66. The van der Waals surface area contributed by atoms with Crippen LogP contribution in [-0.4, -0.2) is 24.4 Å². The van der Waals surface area contributed by atoms with Crippen LogP contribution in [0.3, 0.4) is 0 Å². The van der Waals surface area contributed by atoms with Gasteiger partial charge in [0, 0.05) is 11.9 Å². The van der Waals surface area contributed by atoms with Crippen molar-refractivity contribution in [3.05, 3.63) is 23.3 Å². The Balaban J connectivity index is 2.50. The number of carbonyl (C=O) groups excluding carboxylic acids is 1. The summed E-state index contributed by atoms with van der Waals surface area (Å²) >= 11 is 3.46. The summed E-state index contributed by atoms with van der Waals surface area (Å²) in [6, 6.07) is 4.41. The molecule has 4 heteroatoms. The zero-order valence-corrected chi connectivity index (χ0v) is 14.8. The normalized spacial score (nSPS) is 17.3. The number of halogens is 1. The van der Waals surface area contributed by atoms with Gasteiger partial charge in [0.1, 0.15) is 5.75 Å². The minimum absolute atomic E-state index is 0.376. The third kappa shape index (κ3) is 3.25. The van der Waals surface area contributed by atoms with Crippen LogP contribution in [0.2, 0.25) is 0 Å². The third-order valence-electron chi connectivity index (χ3n) is 3.91. The van der Waals surface area contributed by atoms with Crippen molar-refractivity contribution in [2.24, 2.45) is 0 Å². The molecule has 0 bridgehead atoms. The largest absolute Gasteiger partial charge is 0.461 e. The van der Waals surface area contributed by atoms with Gasteiger partial charge >= 0.3 is 0 Å². The van der Waals surface area contributed by atoms with Crippen LogP contribution in [0, 0.1) is 0 Å². The first-order valence-corrected chi connectivity index (χ1v) is 8.74. The highest BCUT2D eigenvalue weighted by molar-refractivity contribution is 9.09. The molecule has 2 rings (SSSR count). The number of carbonyl (C=O) groups is 1. The van der Waals surface area contributed by atoms with Crippen LogP contribution in [0.4, 0.5) is 5.69 Å². The molecule has 3 nitrogen and oxygen atoms in total. The van der Waals surface area contributed by atoms with Crippen molar-refractivity contribution < 1.29 is 9.53 Å². The second-order valence-corrected chi connectivity index (χ2v) is 6.94. The van der Waals surface area contributed by atoms with Crippen LogP contribution < -0.4 is 9.64 Å². The van der Waals surface area contributed by atoms with Gasteiger partial charge in [-0.2, -0.15) is 0 Å². The highest BCUT2D eigenvalue weighted by Crippen LogP contribution is 2.44. The number of nitrogens with zero attached hydrogens (tertiary/aromatic N) is 1. The Labute approximate surface area is 135 Å². The van der Waals surface area contributed by atoms with Gasteiger partial charge in [-0.15, -0.1) is 0 Å². The van der Waals surface area contributed by atoms with E-state index >= 15 is 0 Å². The average Bonchev–Trinajstić information content (AvgIpc) is 2.81. The van der Waals surface area contributed by atoms with Crippen LogP contribution in [0.15, 0.2) is 12.1 Å². The lowest BCUT2D eigenvalue weighted by Crippen LogP contribution is -2.36. The minimum Gasteiger partial charge on any atom is -0.461 e. The van der Waals surface area contributed by atoms with E-state index in [0.717, 1.165) is 36.0 Å². The first-order valence-electron chi connectivity index (χ1n) is 7.62. The predicted octanol–water partition coefficient (Wildman–Crippen LogP) is 4.44. The van der Waals surface area contributed by atoms with Gasteiger partial charge in [-0.3, -0.25) is 4.79 Å². The molecule has 0 fully saturated rings. The van der Waals surface area contributed by atoms with Gasteiger partial charge in [-0.05, 0) is 35.4 Å². The number of benzene rings is 1. The number of rotatable bonds is 6. The number of hydrogen-bond acceptors (Lipinski definition) is 3. The molecule has 1 aromatic rings. The van der Waals surface area contributed by atoms with Crippen molar-refractivity contribution in [1.29, 1.82) is 0 Å². The Kier molecular flexibility index (Phi) is 5.31. The van der Waals surface area contributed by atoms with E-state index in [2.05, 4.69) is 60.7 Å². The van der Waals surface area contributed by atoms with E-state index in [1.54, 1.807) is 0 Å². The number of ether oxygens (including phenoxy) is 1. The minimum atomic E-state index is -0.487. The van der Waals surface area contributed by atoms with E-state index in [1.165, 1.54) is 11.1 Å². The van der Waals surface area contributed by atoms with Crippen molar-refractivity contribution in [3.63, 3.8) is 0 Å². The molecular formula is C17H24BrNO2. The highest BCUT2D eigenvalue weighted by Gasteiger charge is 2.33. The Morgan fingerprint density at radius 3 is 2.52 bits per heavy atom. The third-order valence-corrected chi connectivity index (χ3v) is 4.47. The standard InChI is InChI=1S/C17H24BrNO2/c1-11(2)13-8-14(12(3)4)17-15(9-13)19(7-5-6-18)16(10-20)21-17/h8-12,16H,5-7H2,1-4H3. The maximum atomic E-state index is 11.4. The zero-order chi connectivity index (χ0) is 15.6. The van der Waals surface area contributed by atoms with Gasteiger partial charge in [0.05, 0.1) is 5.69 Å². The summed E-state index contributed by atoms with van der Waals surface area (Å²) in [4.78, 5) is 13.5. The molecule has 0 radical (unpaired) electrons. The molecule has 21 heavy (non-hydrogen) atoms. The molecule has 1 unspecified atom stereocenters. The quantitative estimate of drug-likeness (QED) is 0.559. The second kappa shape index (κ2) is 6.82. The summed E-state index contributed by atoms with van der Waals surface area (Å²) in [5, 5.41) is 0.922. The van der Waals surface area contributed by atoms with E-state index in [0.29, 0.717) is 11.8 Å². The number of alkyl halides is 1. The van der Waals surface area contributed by atoms with Gasteiger partial charge < -0.3 is 9.64 Å². The molecule has 0 aliphatic carbocycles. The van der Waals surface area contributed by atoms with E-state index in [1.807, 2.05) is 0 Å². The molecule has 1 aliphatic heterocycles.